The molecule has 204 valence electrons. The Labute approximate surface area is 245 Å². The van der Waals surface area contributed by atoms with Gasteiger partial charge in [-0.15, -0.1) is 0 Å². The second-order valence-corrected chi connectivity index (χ2v) is 11.9. The third kappa shape index (κ3) is 3.32. The van der Waals surface area contributed by atoms with E-state index in [4.69, 9.17) is 0 Å². The largest absolute Gasteiger partial charge is 0.294 e. The maximum absolute atomic E-state index is 15.4. The van der Waals surface area contributed by atoms with Crippen molar-refractivity contribution in [2.45, 2.75) is 36.8 Å². The van der Waals surface area contributed by atoms with Crippen molar-refractivity contribution in [1.82, 2.24) is 5.32 Å². The van der Waals surface area contributed by atoms with Gasteiger partial charge in [-0.1, -0.05) is 127 Å². The molecule has 3 aliphatic rings. The van der Waals surface area contributed by atoms with Gasteiger partial charge in [0.1, 0.15) is 5.54 Å². The van der Waals surface area contributed by atoms with E-state index in [9.17, 15) is 0 Å². The van der Waals surface area contributed by atoms with Gasteiger partial charge in [-0.05, 0) is 63.9 Å². The first-order valence-corrected chi connectivity index (χ1v) is 14.9. The maximum Gasteiger partial charge on any atom is 0.189 e. The Morgan fingerprint density at radius 2 is 1.31 bits per heavy atom. The van der Waals surface area contributed by atoms with Gasteiger partial charge in [0.25, 0.3) is 0 Å². The summed E-state index contributed by atoms with van der Waals surface area (Å²) in [6.07, 6.45) is 4.22. The number of rotatable bonds is 3. The van der Waals surface area contributed by atoms with Gasteiger partial charge in [0, 0.05) is 17.5 Å². The first-order chi connectivity index (χ1) is 20.6. The smallest absolute Gasteiger partial charge is 0.189 e. The third-order valence-electron chi connectivity index (χ3n) is 9.97. The van der Waals surface area contributed by atoms with Crippen molar-refractivity contribution in [3.05, 3.63) is 161 Å². The van der Waals surface area contributed by atoms with Crippen LogP contribution in [0, 0.1) is 5.41 Å². The highest BCUT2D eigenvalue weighted by molar-refractivity contribution is 6.24. The van der Waals surface area contributed by atoms with E-state index in [1.807, 2.05) is 72.8 Å². The molecule has 0 unspecified atom stereocenters. The fourth-order valence-electron chi connectivity index (χ4n) is 8.40. The van der Waals surface area contributed by atoms with Crippen LogP contribution >= 0.6 is 0 Å². The van der Waals surface area contributed by atoms with Crippen LogP contribution in [-0.2, 0) is 10.3 Å². The lowest BCUT2D eigenvalue weighted by Crippen LogP contribution is -2.59. The van der Waals surface area contributed by atoms with Crippen LogP contribution in [0.25, 0.3) is 16.8 Å². The standard InChI is InChI=1S/C39H31NO2/c41-36-30(25-26-13-4-1-5-14-26)21-12-24-38(36)34(28-15-6-2-7-16-28)35(29-17-8-3-9-18-29)40-39(38)32-23-11-20-27-19-10-22-31(33(27)32)37(39)42/h1-11,13-20,22-23,25,34-35,40H,12,21,24H2/b30-25+/t34-,35-,38-,39-/m0/s1. The molecule has 4 atom stereocenters. The van der Waals surface area contributed by atoms with Crippen molar-refractivity contribution in [2.24, 2.45) is 5.41 Å². The van der Waals surface area contributed by atoms with Gasteiger partial charge < -0.3 is 0 Å². The van der Waals surface area contributed by atoms with Crippen LogP contribution in [0.4, 0.5) is 0 Å². The minimum Gasteiger partial charge on any atom is -0.294 e. The number of ketones is 2. The van der Waals surface area contributed by atoms with Crippen LogP contribution in [0.1, 0.15) is 63.8 Å². The molecule has 3 heteroatoms. The minimum atomic E-state index is -1.19. The molecular formula is C39H31NO2. The molecule has 2 spiro atoms. The fourth-order valence-corrected chi connectivity index (χ4v) is 8.40. The molecular weight excluding hydrogens is 514 g/mol. The summed E-state index contributed by atoms with van der Waals surface area (Å²) >= 11 is 0. The van der Waals surface area contributed by atoms with Crippen LogP contribution < -0.4 is 5.32 Å². The van der Waals surface area contributed by atoms with E-state index in [0.29, 0.717) is 18.4 Å². The highest BCUT2D eigenvalue weighted by Crippen LogP contribution is 2.68. The molecule has 3 nitrogen and oxygen atoms in total. The van der Waals surface area contributed by atoms with E-state index in [1.165, 1.54) is 0 Å². The summed E-state index contributed by atoms with van der Waals surface area (Å²) in [6, 6.07) is 42.8. The van der Waals surface area contributed by atoms with Crippen LogP contribution in [0.5, 0.6) is 0 Å². The van der Waals surface area contributed by atoms with Crippen molar-refractivity contribution in [1.29, 1.82) is 0 Å². The van der Waals surface area contributed by atoms with Gasteiger partial charge in [-0.25, -0.2) is 0 Å². The average molecular weight is 546 g/mol. The zero-order valence-corrected chi connectivity index (χ0v) is 23.3. The molecule has 5 aromatic rings. The molecule has 42 heavy (non-hydrogen) atoms. The summed E-state index contributed by atoms with van der Waals surface area (Å²) in [5, 5.41) is 5.98. The second kappa shape index (κ2) is 9.47. The predicted octanol–water partition coefficient (Wildman–Crippen LogP) is 8.18. The van der Waals surface area contributed by atoms with E-state index >= 15 is 9.59 Å². The van der Waals surface area contributed by atoms with Crippen LogP contribution in [0.2, 0.25) is 0 Å². The Bertz CT molecular complexity index is 1870. The van der Waals surface area contributed by atoms with Gasteiger partial charge in [0.2, 0.25) is 0 Å². The number of nitrogens with one attached hydrogen (secondary N) is 1. The lowest BCUT2D eigenvalue weighted by atomic mass is 9.52. The normalized spacial score (nSPS) is 27.5. The molecule has 2 aliphatic carbocycles. The second-order valence-electron chi connectivity index (χ2n) is 11.9. The summed E-state index contributed by atoms with van der Waals surface area (Å²) in [5.41, 5.74) is 3.43. The van der Waals surface area contributed by atoms with Gasteiger partial charge in [0.15, 0.2) is 11.6 Å². The lowest BCUT2D eigenvalue weighted by molar-refractivity contribution is -0.130. The molecule has 1 saturated carbocycles. The van der Waals surface area contributed by atoms with E-state index < -0.39 is 11.0 Å². The molecule has 0 aromatic heterocycles. The molecule has 2 fully saturated rings. The van der Waals surface area contributed by atoms with Gasteiger partial charge in [0.05, 0.1) is 5.41 Å². The van der Waals surface area contributed by atoms with E-state index in [2.05, 4.69) is 66.0 Å². The van der Waals surface area contributed by atoms with Crippen LogP contribution in [0.3, 0.4) is 0 Å². The molecule has 0 radical (unpaired) electrons. The third-order valence-corrected chi connectivity index (χ3v) is 9.97. The number of allylic oxidation sites excluding steroid dienone is 1. The Hall–Kier alpha value is -4.60. The molecule has 1 heterocycles. The van der Waals surface area contributed by atoms with Gasteiger partial charge in [-0.3, -0.25) is 14.9 Å². The molecule has 0 amide bonds. The quantitative estimate of drug-likeness (QED) is 0.233. The van der Waals surface area contributed by atoms with Crippen molar-refractivity contribution < 1.29 is 9.59 Å². The van der Waals surface area contributed by atoms with Crippen LogP contribution in [-0.4, -0.2) is 11.6 Å². The number of Topliss-reactive ketones (excluding diaryl/α,β-unsaturated/α-hetero) is 2. The predicted molar refractivity (Wildman–Crippen MR) is 167 cm³/mol. The number of hydrogen-bond acceptors (Lipinski definition) is 3. The number of carbonyl (C=O) groups excluding carboxylic acids is 2. The summed E-state index contributed by atoms with van der Waals surface area (Å²) in [5.74, 6) is -0.139. The molecule has 1 N–H and O–H groups in total. The monoisotopic (exact) mass is 545 g/mol. The van der Waals surface area contributed by atoms with Crippen molar-refractivity contribution in [3.63, 3.8) is 0 Å². The van der Waals surface area contributed by atoms with E-state index in [0.717, 1.165) is 45.0 Å². The fraction of sp³-hybridized carbons (Fsp3) is 0.179. The molecule has 0 bridgehead atoms. The van der Waals surface area contributed by atoms with Crippen molar-refractivity contribution >= 4 is 28.4 Å². The summed E-state index contributed by atoms with van der Waals surface area (Å²) < 4.78 is 0. The average Bonchev–Trinajstić information content (AvgIpc) is 3.48. The lowest BCUT2D eigenvalue weighted by Gasteiger charge is -2.47. The number of benzene rings is 5. The maximum atomic E-state index is 15.4. The Kier molecular flexibility index (Phi) is 5.67. The summed E-state index contributed by atoms with van der Waals surface area (Å²) in [6.45, 7) is 0. The van der Waals surface area contributed by atoms with Crippen molar-refractivity contribution in [2.75, 3.05) is 0 Å². The molecule has 8 rings (SSSR count). The zero-order valence-electron chi connectivity index (χ0n) is 23.3. The van der Waals surface area contributed by atoms with Crippen molar-refractivity contribution in [3.8, 4) is 0 Å². The number of fused-ring (bicyclic) bond motifs is 2. The first kappa shape index (κ1) is 25.1. The van der Waals surface area contributed by atoms with Crippen LogP contribution in [0.15, 0.2) is 133 Å². The minimum absolute atomic E-state index is 0.0166. The number of hydrogen-bond donors (Lipinski definition) is 1. The first-order valence-electron chi connectivity index (χ1n) is 14.9. The van der Waals surface area contributed by atoms with E-state index in [1.54, 1.807) is 0 Å². The van der Waals surface area contributed by atoms with Gasteiger partial charge in [-0.2, -0.15) is 0 Å². The Balaban J connectivity index is 1.46. The summed E-state index contributed by atoms with van der Waals surface area (Å²) in [4.78, 5) is 30.5. The van der Waals surface area contributed by atoms with E-state index in [-0.39, 0.29) is 23.5 Å². The number of carbonyl (C=O) groups is 2. The van der Waals surface area contributed by atoms with Gasteiger partial charge >= 0.3 is 0 Å². The topological polar surface area (TPSA) is 46.2 Å². The summed E-state index contributed by atoms with van der Waals surface area (Å²) in [7, 11) is 0. The highest BCUT2D eigenvalue weighted by atomic mass is 16.1. The Morgan fingerprint density at radius 1 is 0.667 bits per heavy atom. The SMILES string of the molecule is O=C1c2cccc3cccc(c23)[C@]12N[C@@H](c1ccccc1)[C@H](c1ccccc1)[C@]21CCC/C(=C\c2ccccc2)C1=O. The molecule has 1 saturated heterocycles. The molecule has 5 aromatic carbocycles. The zero-order chi connectivity index (χ0) is 28.3. The Morgan fingerprint density at radius 3 is 2.02 bits per heavy atom. The molecule has 1 aliphatic heterocycles. The highest BCUT2D eigenvalue weighted by Gasteiger charge is 2.73.